The van der Waals surface area contributed by atoms with Gasteiger partial charge < -0.3 is 14.6 Å². The summed E-state index contributed by atoms with van der Waals surface area (Å²) < 4.78 is 7.34. The lowest BCUT2D eigenvalue weighted by Gasteiger charge is -2.32. The molecule has 174 valence electrons. The fraction of sp³-hybridized carbons (Fsp3) is 0.320. The first-order chi connectivity index (χ1) is 16.5. The number of rotatable bonds is 5. The molecular weight excluding hydrogens is 432 g/mol. The van der Waals surface area contributed by atoms with E-state index in [0.717, 1.165) is 0 Å². The quantitative estimate of drug-likeness (QED) is 0.489. The maximum absolute atomic E-state index is 13.4. The smallest absolute Gasteiger partial charge is 0.253 e. The van der Waals surface area contributed by atoms with Crippen LogP contribution in [0.1, 0.15) is 53.4 Å². The molecule has 0 unspecified atom stereocenters. The molecule has 0 radical (unpaired) electrons. The van der Waals surface area contributed by atoms with Crippen LogP contribution in [0.5, 0.6) is 0 Å². The van der Waals surface area contributed by atoms with E-state index in [9.17, 15) is 9.59 Å². The molecule has 0 saturated carbocycles. The van der Waals surface area contributed by atoms with Crippen molar-refractivity contribution in [3.63, 3.8) is 0 Å². The van der Waals surface area contributed by atoms with E-state index >= 15 is 0 Å². The van der Waals surface area contributed by atoms with Crippen LogP contribution in [0.3, 0.4) is 0 Å². The Morgan fingerprint density at radius 3 is 2.59 bits per heavy atom. The first kappa shape index (κ1) is 21.8. The molecule has 4 aromatic rings. The van der Waals surface area contributed by atoms with Crippen molar-refractivity contribution in [2.45, 2.75) is 38.8 Å². The predicted octanol–water partition coefficient (Wildman–Crippen LogP) is 3.70. The molecule has 9 nitrogen and oxygen atoms in total. The van der Waals surface area contributed by atoms with Gasteiger partial charge in [-0.05, 0) is 57.0 Å². The lowest BCUT2D eigenvalue weighted by molar-refractivity contribution is 0.0698. The van der Waals surface area contributed by atoms with Crippen LogP contribution < -0.4 is 5.32 Å². The fourth-order valence-electron chi connectivity index (χ4n) is 4.30. The maximum atomic E-state index is 13.4. The number of furan rings is 1. The first-order valence-corrected chi connectivity index (χ1v) is 11.4. The summed E-state index contributed by atoms with van der Waals surface area (Å²) in [6.45, 7) is 5.21. The second-order valence-corrected chi connectivity index (χ2v) is 8.73. The highest BCUT2D eigenvalue weighted by atomic mass is 16.3. The SMILES string of the molecule is CC(C)n1ncc2c(C(=O)NC3CCN(C(=O)c4ccncc4)CC3)cc(-c3ccco3)nc21. The van der Waals surface area contributed by atoms with Gasteiger partial charge in [0.05, 0.1) is 23.4 Å². The Balaban J connectivity index is 1.34. The number of hydrogen-bond acceptors (Lipinski definition) is 6. The van der Waals surface area contributed by atoms with Gasteiger partial charge in [-0.15, -0.1) is 0 Å². The monoisotopic (exact) mass is 458 g/mol. The number of carbonyl (C=O) groups is 2. The summed E-state index contributed by atoms with van der Waals surface area (Å²) >= 11 is 0. The summed E-state index contributed by atoms with van der Waals surface area (Å²) in [6, 6.07) is 8.88. The number of amides is 2. The van der Waals surface area contributed by atoms with Gasteiger partial charge in [0.1, 0.15) is 5.69 Å². The van der Waals surface area contributed by atoms with Gasteiger partial charge in [0.15, 0.2) is 11.4 Å². The van der Waals surface area contributed by atoms with E-state index in [1.165, 1.54) is 0 Å². The Morgan fingerprint density at radius 2 is 1.91 bits per heavy atom. The number of pyridine rings is 2. The van der Waals surface area contributed by atoms with Gasteiger partial charge in [-0.2, -0.15) is 5.10 Å². The van der Waals surface area contributed by atoms with Crippen molar-refractivity contribution in [2.75, 3.05) is 13.1 Å². The van der Waals surface area contributed by atoms with E-state index in [-0.39, 0.29) is 23.9 Å². The Hall–Kier alpha value is -4.01. The second-order valence-electron chi connectivity index (χ2n) is 8.73. The van der Waals surface area contributed by atoms with Crippen LogP contribution in [-0.2, 0) is 0 Å². The third-order valence-electron chi connectivity index (χ3n) is 6.12. The number of nitrogens with zero attached hydrogens (tertiary/aromatic N) is 5. The lowest BCUT2D eigenvalue weighted by Crippen LogP contribution is -2.46. The van der Waals surface area contributed by atoms with Crippen LogP contribution in [0.2, 0.25) is 0 Å². The molecule has 4 aromatic heterocycles. The Labute approximate surface area is 196 Å². The van der Waals surface area contributed by atoms with Crippen molar-refractivity contribution in [2.24, 2.45) is 0 Å². The number of piperidine rings is 1. The average Bonchev–Trinajstić information content (AvgIpc) is 3.54. The molecule has 0 bridgehead atoms. The number of fused-ring (bicyclic) bond motifs is 1. The molecule has 5 heterocycles. The standard InChI is InChI=1S/C25H26N6O3/c1-16(2)31-23-20(15-27-31)19(14-21(29-23)22-4-3-13-34-22)24(32)28-18-7-11-30(12-8-18)25(33)17-5-9-26-10-6-17/h3-6,9-10,13-16,18H,7-8,11-12H2,1-2H3,(H,28,32). The molecule has 1 fully saturated rings. The maximum Gasteiger partial charge on any atom is 0.253 e. The van der Waals surface area contributed by atoms with E-state index in [1.54, 1.807) is 49.1 Å². The number of carbonyl (C=O) groups excluding carboxylic acids is 2. The Kier molecular flexibility index (Phi) is 5.83. The summed E-state index contributed by atoms with van der Waals surface area (Å²) in [6.07, 6.45) is 7.89. The molecule has 0 atom stereocenters. The summed E-state index contributed by atoms with van der Waals surface area (Å²) in [4.78, 5) is 36.6. The van der Waals surface area contributed by atoms with E-state index in [0.29, 0.717) is 59.5 Å². The van der Waals surface area contributed by atoms with Crippen molar-refractivity contribution in [3.05, 3.63) is 66.3 Å². The minimum atomic E-state index is -0.178. The van der Waals surface area contributed by atoms with Crippen LogP contribution in [0.4, 0.5) is 0 Å². The third-order valence-corrected chi connectivity index (χ3v) is 6.12. The topological polar surface area (TPSA) is 106 Å². The van der Waals surface area contributed by atoms with E-state index in [2.05, 4.69) is 15.4 Å². The van der Waals surface area contributed by atoms with Crippen molar-refractivity contribution in [3.8, 4) is 11.5 Å². The van der Waals surface area contributed by atoms with Gasteiger partial charge in [-0.3, -0.25) is 14.6 Å². The zero-order valence-electron chi connectivity index (χ0n) is 19.1. The van der Waals surface area contributed by atoms with Crippen molar-refractivity contribution < 1.29 is 14.0 Å². The van der Waals surface area contributed by atoms with E-state index in [4.69, 9.17) is 9.40 Å². The number of aromatic nitrogens is 4. The Bertz CT molecular complexity index is 1310. The molecule has 1 aliphatic rings. The summed E-state index contributed by atoms with van der Waals surface area (Å²) in [5.74, 6) is 0.407. The van der Waals surface area contributed by atoms with Crippen LogP contribution in [0.25, 0.3) is 22.5 Å². The van der Waals surface area contributed by atoms with E-state index < -0.39 is 0 Å². The lowest BCUT2D eigenvalue weighted by atomic mass is 10.0. The zero-order valence-corrected chi connectivity index (χ0v) is 19.1. The molecule has 1 aliphatic heterocycles. The Morgan fingerprint density at radius 1 is 1.15 bits per heavy atom. The van der Waals surface area contributed by atoms with Gasteiger partial charge >= 0.3 is 0 Å². The minimum Gasteiger partial charge on any atom is -0.463 e. The van der Waals surface area contributed by atoms with Gasteiger partial charge in [0.2, 0.25) is 0 Å². The first-order valence-electron chi connectivity index (χ1n) is 11.4. The highest BCUT2D eigenvalue weighted by Gasteiger charge is 2.26. The molecular formula is C25H26N6O3. The highest BCUT2D eigenvalue weighted by molar-refractivity contribution is 6.06. The van der Waals surface area contributed by atoms with Gasteiger partial charge in [0.25, 0.3) is 11.8 Å². The van der Waals surface area contributed by atoms with Gasteiger partial charge in [0, 0.05) is 43.1 Å². The summed E-state index contributed by atoms with van der Waals surface area (Å²) in [5, 5.41) is 8.32. The molecule has 0 aromatic carbocycles. The fourth-order valence-corrected chi connectivity index (χ4v) is 4.30. The molecule has 34 heavy (non-hydrogen) atoms. The van der Waals surface area contributed by atoms with Crippen LogP contribution in [0, 0.1) is 0 Å². The molecule has 2 amide bonds. The normalized spacial score (nSPS) is 14.6. The predicted molar refractivity (Wildman–Crippen MR) is 126 cm³/mol. The van der Waals surface area contributed by atoms with Gasteiger partial charge in [-0.25, -0.2) is 9.67 Å². The van der Waals surface area contributed by atoms with Gasteiger partial charge in [-0.1, -0.05) is 0 Å². The number of hydrogen-bond donors (Lipinski definition) is 1. The molecule has 0 spiro atoms. The molecule has 1 saturated heterocycles. The number of likely N-dealkylation sites (tertiary alicyclic amines) is 1. The minimum absolute atomic E-state index is 0.00721. The van der Waals surface area contributed by atoms with Crippen LogP contribution >= 0.6 is 0 Å². The molecule has 9 heteroatoms. The van der Waals surface area contributed by atoms with Crippen molar-refractivity contribution in [1.29, 1.82) is 0 Å². The average molecular weight is 459 g/mol. The van der Waals surface area contributed by atoms with Crippen LogP contribution in [0.15, 0.2) is 59.6 Å². The third kappa shape index (κ3) is 4.16. The summed E-state index contributed by atoms with van der Waals surface area (Å²) in [5.41, 5.74) is 2.37. The van der Waals surface area contributed by atoms with E-state index in [1.807, 2.05) is 29.5 Å². The number of nitrogens with one attached hydrogen (secondary N) is 1. The van der Waals surface area contributed by atoms with Crippen molar-refractivity contribution in [1.82, 2.24) is 30.0 Å². The largest absolute Gasteiger partial charge is 0.463 e. The molecule has 1 N–H and O–H groups in total. The van der Waals surface area contributed by atoms with Crippen LogP contribution in [-0.4, -0.2) is 55.6 Å². The summed E-state index contributed by atoms with van der Waals surface area (Å²) in [7, 11) is 0. The zero-order chi connectivity index (χ0) is 23.7. The van der Waals surface area contributed by atoms with Crippen molar-refractivity contribution >= 4 is 22.8 Å². The highest BCUT2D eigenvalue weighted by Crippen LogP contribution is 2.27. The molecule has 0 aliphatic carbocycles. The second kappa shape index (κ2) is 9.09. The molecule has 5 rings (SSSR count).